The second-order valence-corrected chi connectivity index (χ2v) is 18.7. The molecule has 12 rings (SSSR count). The highest BCUT2D eigenvalue weighted by Gasteiger charge is 2.09. The molecule has 4 fully saturated rings. The number of hydrogen-bond donors (Lipinski definition) is 4. The van der Waals surface area contributed by atoms with Gasteiger partial charge in [-0.15, -0.1) is 0 Å². The van der Waals surface area contributed by atoms with Gasteiger partial charge in [0.2, 0.25) is 0 Å². The van der Waals surface area contributed by atoms with E-state index in [1.807, 2.05) is 208 Å². The lowest BCUT2D eigenvalue weighted by molar-refractivity contribution is 0.181. The molecule has 9 heterocycles. The van der Waals surface area contributed by atoms with Crippen LogP contribution < -0.4 is 16.0 Å². The predicted molar refractivity (Wildman–Crippen MR) is 397 cm³/mol. The Labute approximate surface area is 540 Å². The van der Waals surface area contributed by atoms with Crippen LogP contribution in [0.1, 0.15) is 157 Å². The number of pyridine rings is 3. The lowest BCUT2D eigenvalue weighted by atomic mass is 10.0. The molecule has 0 radical (unpaired) electrons. The third kappa shape index (κ3) is 61.6. The molecule has 0 amide bonds. The van der Waals surface area contributed by atoms with Crippen LogP contribution in [-0.4, -0.2) is 158 Å². The van der Waals surface area contributed by atoms with E-state index in [9.17, 15) is 0 Å². The van der Waals surface area contributed by atoms with Crippen LogP contribution in [0.4, 0.5) is 5.82 Å². The molecule has 12 nitrogen and oxygen atoms in total. The summed E-state index contributed by atoms with van der Waals surface area (Å²) in [7, 11) is 8.69. The van der Waals surface area contributed by atoms with Crippen molar-refractivity contribution in [2.24, 2.45) is 5.92 Å². The first-order valence-electron chi connectivity index (χ1n) is 30.7. The number of H-pyrrole nitrogens is 1. The van der Waals surface area contributed by atoms with Crippen molar-refractivity contribution >= 4 is 16.9 Å². The lowest BCUT2D eigenvalue weighted by Gasteiger charge is -2.28. The smallest absolute Gasteiger partial charge is 0.129 e. The monoisotopic (exact) mass is 1210 g/mol. The van der Waals surface area contributed by atoms with Crippen molar-refractivity contribution in [2.75, 3.05) is 119 Å². The van der Waals surface area contributed by atoms with Crippen LogP contribution in [-0.2, 0) is 6.42 Å². The second kappa shape index (κ2) is 76.2. The minimum atomic E-state index is 0. The van der Waals surface area contributed by atoms with Gasteiger partial charge in [-0.3, -0.25) is 9.97 Å². The van der Waals surface area contributed by atoms with Crippen molar-refractivity contribution in [1.82, 2.24) is 55.2 Å². The molecule has 5 aliphatic rings. The Morgan fingerprint density at radius 3 is 1.08 bits per heavy atom. The molecule has 0 bridgehead atoms. The highest BCUT2D eigenvalue weighted by molar-refractivity contribution is 5.74. The zero-order valence-corrected chi connectivity index (χ0v) is 53.5. The van der Waals surface area contributed by atoms with Crippen LogP contribution >= 0.6 is 0 Å². The zero-order chi connectivity index (χ0) is 60.1. The number of nitrogens with one attached hydrogen (secondary N) is 4. The van der Waals surface area contributed by atoms with Crippen molar-refractivity contribution in [2.45, 2.75) is 159 Å². The summed E-state index contributed by atoms with van der Waals surface area (Å²) in [5.41, 5.74) is 3.51. The third-order valence-electron chi connectivity index (χ3n) is 12.1. The maximum absolute atomic E-state index is 4.26. The summed E-state index contributed by atoms with van der Waals surface area (Å²) in [5, 5.41) is 9.84. The number of para-hydroxylation sites is 2. The molecular weight excluding hydrogens is 1070 g/mol. The maximum Gasteiger partial charge on any atom is 0.129 e. The molecule has 4 aromatic heterocycles. The number of rotatable bonds is 0. The molecule has 5 aliphatic heterocycles. The van der Waals surface area contributed by atoms with E-state index >= 15 is 0 Å². The van der Waals surface area contributed by atoms with Crippen molar-refractivity contribution in [3.8, 4) is 0 Å². The van der Waals surface area contributed by atoms with E-state index < -0.39 is 0 Å². The summed E-state index contributed by atoms with van der Waals surface area (Å²) >= 11 is 0. The highest BCUT2D eigenvalue weighted by Crippen LogP contribution is 2.17. The van der Waals surface area contributed by atoms with E-state index in [4.69, 9.17) is 0 Å². The van der Waals surface area contributed by atoms with Gasteiger partial charge in [-0.1, -0.05) is 216 Å². The van der Waals surface area contributed by atoms with Gasteiger partial charge in [0.1, 0.15) is 11.6 Å². The van der Waals surface area contributed by atoms with Gasteiger partial charge in [0.25, 0.3) is 0 Å². The molecule has 0 spiro atoms. The van der Waals surface area contributed by atoms with E-state index in [0.29, 0.717) is 0 Å². The number of imidazole rings is 1. The molecule has 0 unspecified atom stereocenters. The van der Waals surface area contributed by atoms with Gasteiger partial charge in [0.15, 0.2) is 0 Å². The molecule has 0 atom stereocenters. The van der Waals surface area contributed by atoms with Gasteiger partial charge in [-0.2, -0.15) is 0 Å². The van der Waals surface area contributed by atoms with E-state index in [-0.39, 0.29) is 44.6 Å². The number of aromatic amines is 1. The van der Waals surface area contributed by atoms with Gasteiger partial charge in [0.05, 0.1) is 11.0 Å². The van der Waals surface area contributed by atoms with E-state index in [0.717, 1.165) is 48.2 Å². The van der Waals surface area contributed by atoms with Crippen LogP contribution in [0.2, 0.25) is 0 Å². The number of likely N-dealkylation sites (tertiary alicyclic amines) is 1. The Balaban J connectivity index is -0.000000131. The largest absolute Gasteiger partial charge is 0.370 e. The van der Waals surface area contributed by atoms with Crippen LogP contribution in [0.3, 0.4) is 0 Å². The number of hydrogen-bond acceptors (Lipinski definition) is 11. The van der Waals surface area contributed by atoms with Crippen LogP contribution in [0.15, 0.2) is 177 Å². The summed E-state index contributed by atoms with van der Waals surface area (Å²) in [6, 6.07) is 47.6. The predicted octanol–water partition coefficient (Wildman–Crippen LogP) is 18.3. The fourth-order valence-electron chi connectivity index (χ4n) is 7.46. The number of benzene rings is 3. The molecule has 0 aliphatic carbocycles. The number of aromatic nitrogens is 5. The SMILES string of the molecule is C.C.C.C.C.C.CC.CC.CC.CC.CC1CCNCC1.CN1CCCCC1.CN1CCN(C)CC1.CN1CCNCC1.Cc1nc2ccccc2[nH]1.c1ccccc1.c1ccccc1.c1ccncc1.c1ccncc1.c1cnc2c(c1)CCCN2. The van der Waals surface area contributed by atoms with Gasteiger partial charge in [-0.05, 0) is 154 Å². The summed E-state index contributed by atoms with van der Waals surface area (Å²) in [6.07, 6.45) is 18.3. The molecule has 500 valence electrons. The summed E-state index contributed by atoms with van der Waals surface area (Å²) < 4.78 is 0. The number of anilines is 1. The van der Waals surface area contributed by atoms with Gasteiger partial charge >= 0.3 is 0 Å². The van der Waals surface area contributed by atoms with E-state index in [1.165, 1.54) is 116 Å². The minimum Gasteiger partial charge on any atom is -0.370 e. The normalized spacial score (nSPS) is 14.0. The Morgan fingerprint density at radius 1 is 0.391 bits per heavy atom. The number of piperidine rings is 2. The Morgan fingerprint density at radius 2 is 0.770 bits per heavy atom. The molecule has 4 saturated heterocycles. The number of fused-ring (bicyclic) bond motifs is 2. The van der Waals surface area contributed by atoms with Crippen LogP contribution in [0.5, 0.6) is 0 Å². The number of likely N-dealkylation sites (N-methyl/N-ethyl adjacent to an activating group) is 3. The number of piperazine rings is 2. The van der Waals surface area contributed by atoms with Crippen molar-refractivity contribution < 1.29 is 0 Å². The van der Waals surface area contributed by atoms with Crippen molar-refractivity contribution in [3.05, 3.63) is 188 Å². The fourth-order valence-corrected chi connectivity index (χ4v) is 7.46. The number of aryl methyl sites for hydroxylation is 2. The molecule has 12 heteroatoms. The Hall–Kier alpha value is -5.86. The maximum atomic E-state index is 4.26. The first-order chi connectivity index (χ1) is 39.8. The van der Waals surface area contributed by atoms with Crippen LogP contribution in [0.25, 0.3) is 11.0 Å². The number of nitrogens with zero attached hydrogens (tertiary/aromatic N) is 8. The average molecular weight is 1210 g/mol. The van der Waals surface area contributed by atoms with Gasteiger partial charge in [-0.25, -0.2) is 9.97 Å². The second-order valence-electron chi connectivity index (χ2n) is 18.7. The van der Waals surface area contributed by atoms with Gasteiger partial charge < -0.3 is 40.5 Å². The average Bonchev–Trinajstić information content (AvgIpc) is 4.12. The molecule has 87 heavy (non-hydrogen) atoms. The zero-order valence-electron chi connectivity index (χ0n) is 53.5. The standard InChI is InChI=1S/C8H8N2.C8H10N2.C6H14N2.2C6H13N.2C6H6.C5H12N2.2C5H5N.4C2H6.6CH4/c1-6-9-7-4-2-3-5-8(7)10-6;1-3-7-4-2-6-10-8(7)9-5-1;1-7-3-5-8(2)6-4-7;1-6-2-4-7-5-3-6;1-7-5-3-2-4-6-7;2*1-2-4-6-5-3-1;1-7-4-2-6-3-5-7;2*1-2-4-6-5-3-1;4*1-2;;;;;;/h2-5H,1H3,(H,9,10);1,3,5H,2,4,6H2,(H,9,10);3-6H2,1-2H3;6-7H,2-5H2,1H3;2-6H2,1H3;2*1-6H;6H,2-5H2,1H3;2*1-5H;4*1-2H3;6*1H4. The van der Waals surface area contributed by atoms with Crippen molar-refractivity contribution in [3.63, 3.8) is 0 Å². The summed E-state index contributed by atoms with van der Waals surface area (Å²) in [5.74, 6) is 3.02. The molecule has 7 aromatic rings. The van der Waals surface area contributed by atoms with Gasteiger partial charge in [0, 0.05) is 89.9 Å². The topological polar surface area (TPSA) is 116 Å². The van der Waals surface area contributed by atoms with Crippen LogP contribution in [0, 0.1) is 12.8 Å². The molecule has 4 N–H and O–H groups in total. The van der Waals surface area contributed by atoms with E-state index in [2.05, 4.69) is 102 Å². The van der Waals surface area contributed by atoms with Crippen molar-refractivity contribution in [1.29, 1.82) is 0 Å². The minimum absolute atomic E-state index is 0. The molecule has 3 aromatic carbocycles. The first-order valence-corrected chi connectivity index (χ1v) is 30.7. The van der Waals surface area contributed by atoms with E-state index in [1.54, 1.807) is 24.8 Å². The Kier molecular flexibility index (Phi) is 85.4. The quantitative estimate of drug-likeness (QED) is 0.116. The fraction of sp³-hybridized carbons (Fsp3) is 0.547. The third-order valence-corrected chi connectivity index (χ3v) is 12.1. The first kappa shape index (κ1) is 97.4. The molecular formula is C75H140N12. The highest BCUT2D eigenvalue weighted by atomic mass is 15.2. The summed E-state index contributed by atoms with van der Waals surface area (Å²) in [6.45, 7) is 36.1. The Bertz CT molecular complexity index is 1850. The lowest BCUT2D eigenvalue weighted by Crippen LogP contribution is -2.42. The summed E-state index contributed by atoms with van der Waals surface area (Å²) in [4.78, 5) is 28.6. The molecule has 0 saturated carbocycles.